The Balaban J connectivity index is 1.77. The maximum Gasteiger partial charge on any atom is 0.137 e. The number of benzene rings is 2. The Morgan fingerprint density at radius 3 is 2.79 bits per heavy atom. The van der Waals surface area contributed by atoms with Gasteiger partial charge in [-0.05, 0) is 45.1 Å². The van der Waals surface area contributed by atoms with Gasteiger partial charge in [-0.25, -0.2) is 4.39 Å². The fourth-order valence-electron chi connectivity index (χ4n) is 2.71. The van der Waals surface area contributed by atoms with Gasteiger partial charge in [0.2, 0.25) is 0 Å². The van der Waals surface area contributed by atoms with Crippen LogP contribution in [0.25, 0.3) is 0 Å². The monoisotopic (exact) mass is 320 g/mol. The Kier molecular flexibility index (Phi) is 3.42. The van der Waals surface area contributed by atoms with E-state index in [4.69, 9.17) is 0 Å². The third-order valence-corrected chi connectivity index (χ3v) is 4.71. The van der Waals surface area contributed by atoms with Crippen molar-refractivity contribution in [2.45, 2.75) is 24.9 Å². The highest BCUT2D eigenvalue weighted by atomic mass is 79.9. The summed E-state index contributed by atoms with van der Waals surface area (Å²) < 4.78 is 13.9. The van der Waals surface area contributed by atoms with Crippen LogP contribution in [-0.2, 0) is 12.8 Å². The van der Waals surface area contributed by atoms with Gasteiger partial charge in [-0.1, -0.05) is 36.4 Å². The summed E-state index contributed by atoms with van der Waals surface area (Å²) >= 11 is 3.24. The van der Waals surface area contributed by atoms with E-state index in [0.717, 1.165) is 12.0 Å². The molecule has 0 aliphatic heterocycles. The summed E-state index contributed by atoms with van der Waals surface area (Å²) in [5.41, 5.74) is 3.35. The highest BCUT2D eigenvalue weighted by molar-refractivity contribution is 9.10. The molecular formula is C16H14BrFO. The molecule has 1 aliphatic carbocycles. The minimum atomic E-state index is -0.465. The van der Waals surface area contributed by atoms with E-state index in [2.05, 4.69) is 28.1 Å². The molecule has 2 aromatic carbocycles. The molecule has 98 valence electrons. The molecule has 0 fully saturated rings. The van der Waals surface area contributed by atoms with Crippen LogP contribution in [0.4, 0.5) is 4.39 Å². The van der Waals surface area contributed by atoms with Crippen molar-refractivity contribution in [3.05, 3.63) is 69.4 Å². The smallest absolute Gasteiger partial charge is 0.137 e. The average Bonchev–Trinajstić information content (AvgIpc) is 2.36. The number of aliphatic hydroxyl groups excluding tert-OH is 1. The van der Waals surface area contributed by atoms with E-state index in [1.165, 1.54) is 17.2 Å². The van der Waals surface area contributed by atoms with Gasteiger partial charge in [-0.15, -0.1) is 0 Å². The summed E-state index contributed by atoms with van der Waals surface area (Å²) in [4.78, 5) is 0. The maximum absolute atomic E-state index is 13.4. The second-order valence-electron chi connectivity index (χ2n) is 4.99. The van der Waals surface area contributed by atoms with Gasteiger partial charge in [0, 0.05) is 12.3 Å². The van der Waals surface area contributed by atoms with Crippen LogP contribution in [0.1, 0.15) is 22.6 Å². The van der Waals surface area contributed by atoms with Gasteiger partial charge in [-0.2, -0.15) is 0 Å². The van der Waals surface area contributed by atoms with Gasteiger partial charge in [0.1, 0.15) is 5.82 Å². The number of hydrogen-bond donors (Lipinski definition) is 1. The summed E-state index contributed by atoms with van der Waals surface area (Å²) in [7, 11) is 0. The molecule has 0 spiro atoms. The van der Waals surface area contributed by atoms with Crippen LogP contribution >= 0.6 is 15.9 Å². The quantitative estimate of drug-likeness (QED) is 0.911. The van der Waals surface area contributed by atoms with Crippen LogP contribution in [0.5, 0.6) is 0 Å². The number of rotatable bonds is 3. The van der Waals surface area contributed by atoms with Crippen LogP contribution in [0, 0.1) is 5.82 Å². The Morgan fingerprint density at radius 2 is 2.00 bits per heavy atom. The molecule has 1 N–H and O–H groups in total. The zero-order valence-electron chi connectivity index (χ0n) is 10.3. The van der Waals surface area contributed by atoms with Crippen LogP contribution < -0.4 is 0 Å². The second-order valence-corrected chi connectivity index (χ2v) is 5.79. The van der Waals surface area contributed by atoms with Crippen LogP contribution in [0.15, 0.2) is 46.9 Å². The predicted molar refractivity (Wildman–Crippen MR) is 76.7 cm³/mol. The fourth-order valence-corrected chi connectivity index (χ4v) is 3.14. The fraction of sp³-hybridized carbons (Fsp3) is 0.250. The summed E-state index contributed by atoms with van der Waals surface area (Å²) in [6.07, 6.45) is 0.912. The second kappa shape index (κ2) is 5.06. The Morgan fingerprint density at radius 1 is 1.21 bits per heavy atom. The topological polar surface area (TPSA) is 20.2 Å². The molecule has 2 unspecified atom stereocenters. The van der Waals surface area contributed by atoms with Gasteiger partial charge in [0.05, 0.1) is 10.6 Å². The van der Waals surface area contributed by atoms with Crippen LogP contribution in [0.3, 0.4) is 0 Å². The molecule has 3 rings (SSSR count). The first-order valence-corrected chi connectivity index (χ1v) is 7.15. The van der Waals surface area contributed by atoms with Crippen molar-refractivity contribution in [2.75, 3.05) is 0 Å². The zero-order valence-corrected chi connectivity index (χ0v) is 11.9. The first kappa shape index (κ1) is 12.8. The van der Waals surface area contributed by atoms with E-state index < -0.39 is 6.10 Å². The third-order valence-electron chi connectivity index (χ3n) is 3.82. The molecule has 2 atom stereocenters. The maximum atomic E-state index is 13.4. The van der Waals surface area contributed by atoms with E-state index in [0.29, 0.717) is 10.9 Å². The molecule has 0 aromatic heterocycles. The lowest BCUT2D eigenvalue weighted by atomic mass is 9.73. The largest absolute Gasteiger partial charge is 0.392 e. The molecule has 2 aromatic rings. The van der Waals surface area contributed by atoms with Crippen molar-refractivity contribution in [2.24, 2.45) is 0 Å². The summed E-state index contributed by atoms with van der Waals surface area (Å²) in [5.74, 6) is -0.106. The molecule has 0 saturated carbocycles. The lowest BCUT2D eigenvalue weighted by Gasteiger charge is -2.34. The minimum Gasteiger partial charge on any atom is -0.392 e. The number of aliphatic hydroxyl groups is 1. The first-order chi connectivity index (χ1) is 9.16. The molecule has 1 aliphatic rings. The number of fused-ring (bicyclic) bond motifs is 1. The highest BCUT2D eigenvalue weighted by Crippen LogP contribution is 2.38. The van der Waals surface area contributed by atoms with Crippen molar-refractivity contribution < 1.29 is 9.50 Å². The third kappa shape index (κ3) is 2.33. The van der Waals surface area contributed by atoms with Crippen molar-refractivity contribution in [1.82, 2.24) is 0 Å². The molecule has 0 saturated heterocycles. The highest BCUT2D eigenvalue weighted by Gasteiger charge is 2.31. The Hall–Kier alpha value is -1.19. The standard InChI is InChI=1S/C16H14BrFO/c17-16-11(5-3-7-14(16)18)9-15(19)13-8-10-4-1-2-6-12(10)13/h1-7,13,15,19H,8-9H2. The van der Waals surface area contributed by atoms with Crippen molar-refractivity contribution >= 4 is 15.9 Å². The van der Waals surface area contributed by atoms with Gasteiger partial charge >= 0.3 is 0 Å². The Labute approximate surface area is 120 Å². The van der Waals surface area contributed by atoms with Crippen LogP contribution in [-0.4, -0.2) is 11.2 Å². The average molecular weight is 321 g/mol. The Bertz CT molecular complexity index is 611. The number of halogens is 2. The van der Waals surface area contributed by atoms with E-state index in [1.807, 2.05) is 18.2 Å². The van der Waals surface area contributed by atoms with Gasteiger partial charge in [-0.3, -0.25) is 0 Å². The van der Waals surface area contributed by atoms with Crippen molar-refractivity contribution in [3.8, 4) is 0 Å². The lowest BCUT2D eigenvalue weighted by molar-refractivity contribution is 0.133. The molecule has 0 amide bonds. The van der Waals surface area contributed by atoms with Gasteiger partial charge < -0.3 is 5.11 Å². The molecule has 0 radical (unpaired) electrons. The molecule has 1 nitrogen and oxygen atoms in total. The number of hydrogen-bond acceptors (Lipinski definition) is 1. The van der Waals surface area contributed by atoms with E-state index in [9.17, 15) is 9.50 Å². The summed E-state index contributed by atoms with van der Waals surface area (Å²) in [5, 5.41) is 10.3. The molecule has 0 heterocycles. The van der Waals surface area contributed by atoms with Crippen molar-refractivity contribution in [3.63, 3.8) is 0 Å². The van der Waals surface area contributed by atoms with Crippen LogP contribution in [0.2, 0.25) is 0 Å². The van der Waals surface area contributed by atoms with Gasteiger partial charge in [0.15, 0.2) is 0 Å². The SMILES string of the molecule is OC(Cc1cccc(F)c1Br)C1Cc2ccccc21. The summed E-state index contributed by atoms with van der Waals surface area (Å²) in [6.45, 7) is 0. The lowest BCUT2D eigenvalue weighted by Crippen LogP contribution is -2.30. The molecule has 3 heteroatoms. The molecular weight excluding hydrogens is 307 g/mol. The first-order valence-electron chi connectivity index (χ1n) is 6.35. The van der Waals surface area contributed by atoms with E-state index >= 15 is 0 Å². The summed E-state index contributed by atoms with van der Waals surface area (Å²) in [6, 6.07) is 13.1. The minimum absolute atomic E-state index is 0.173. The van der Waals surface area contributed by atoms with Gasteiger partial charge in [0.25, 0.3) is 0 Å². The molecule has 19 heavy (non-hydrogen) atoms. The van der Waals surface area contributed by atoms with Crippen molar-refractivity contribution in [1.29, 1.82) is 0 Å². The zero-order chi connectivity index (χ0) is 13.4. The van der Waals surface area contributed by atoms with E-state index in [1.54, 1.807) is 6.07 Å². The predicted octanol–water partition coefficient (Wildman–Crippen LogP) is 3.83. The normalized spacial score (nSPS) is 18.6. The molecule has 0 bridgehead atoms. The van der Waals surface area contributed by atoms with E-state index in [-0.39, 0.29) is 11.7 Å².